The Morgan fingerprint density at radius 3 is 2.50 bits per heavy atom. The molecule has 7 heteroatoms. The first kappa shape index (κ1) is 16.5. The van der Waals surface area contributed by atoms with E-state index in [1.807, 2.05) is 0 Å². The van der Waals surface area contributed by atoms with Crippen LogP contribution >= 0.6 is 11.8 Å². The van der Waals surface area contributed by atoms with E-state index in [4.69, 9.17) is 0 Å². The van der Waals surface area contributed by atoms with E-state index in [-0.39, 0.29) is 27.7 Å². The lowest BCUT2D eigenvalue weighted by atomic mass is 10.0. The summed E-state index contributed by atoms with van der Waals surface area (Å²) in [7, 11) is 1.21. The number of carbonyl (C=O) groups is 2. The number of phenols is 1. The number of esters is 1. The average Bonchev–Trinajstić information content (AvgIpc) is 2.42. The molecule has 0 amide bonds. The van der Waals surface area contributed by atoms with Crippen LogP contribution in [0.4, 0.5) is 0 Å². The lowest BCUT2D eigenvalue weighted by molar-refractivity contribution is -0.109. The van der Waals surface area contributed by atoms with Crippen LogP contribution in [0.5, 0.6) is 5.75 Å². The zero-order valence-corrected chi connectivity index (χ0v) is 11.9. The van der Waals surface area contributed by atoms with Gasteiger partial charge in [0, 0.05) is 18.2 Å². The fourth-order valence-electron chi connectivity index (χ4n) is 1.54. The highest BCUT2D eigenvalue weighted by Crippen LogP contribution is 2.29. The summed E-state index contributed by atoms with van der Waals surface area (Å²) in [4.78, 5) is 22.1. The first-order chi connectivity index (χ1) is 9.36. The van der Waals surface area contributed by atoms with Crippen molar-refractivity contribution in [3.8, 4) is 5.75 Å². The number of benzene rings is 1. The second-order valence-corrected chi connectivity index (χ2v) is 5.28. The number of aliphatic hydroxyl groups excluding tert-OH is 2. The van der Waals surface area contributed by atoms with Crippen LogP contribution in [0.1, 0.15) is 28.9 Å². The Bertz CT molecular complexity index is 502. The van der Waals surface area contributed by atoms with Crippen LogP contribution in [0.3, 0.4) is 0 Å². The van der Waals surface area contributed by atoms with E-state index in [2.05, 4.69) is 4.74 Å². The standard InChI is InChI=1S/C13H16O6S/c1-7(14)20-6-11(16)12(17)9-4-3-8(5-10(9)15)13(18)19-2/h3-5,11-12,15-17H,6H2,1-2H3. The summed E-state index contributed by atoms with van der Waals surface area (Å²) in [6, 6.07) is 3.85. The van der Waals surface area contributed by atoms with Crippen LogP contribution in [0.2, 0.25) is 0 Å². The smallest absolute Gasteiger partial charge is 0.337 e. The van der Waals surface area contributed by atoms with Crippen molar-refractivity contribution in [2.45, 2.75) is 19.1 Å². The van der Waals surface area contributed by atoms with Crippen molar-refractivity contribution in [1.82, 2.24) is 0 Å². The maximum absolute atomic E-state index is 11.3. The van der Waals surface area contributed by atoms with E-state index in [9.17, 15) is 24.9 Å². The molecule has 0 spiro atoms. The molecule has 3 N–H and O–H groups in total. The summed E-state index contributed by atoms with van der Waals surface area (Å²) in [5, 5.41) is 29.3. The number of aliphatic hydroxyl groups is 2. The van der Waals surface area contributed by atoms with Gasteiger partial charge in [0.25, 0.3) is 0 Å². The molecule has 0 aliphatic rings. The zero-order chi connectivity index (χ0) is 15.3. The minimum atomic E-state index is -1.35. The number of carbonyl (C=O) groups excluding carboxylic acids is 2. The van der Waals surface area contributed by atoms with Crippen molar-refractivity contribution < 1.29 is 29.6 Å². The first-order valence-corrected chi connectivity index (χ1v) is 6.76. The Kier molecular flexibility index (Phi) is 6.00. The lowest BCUT2D eigenvalue weighted by Crippen LogP contribution is -2.21. The molecule has 0 heterocycles. The third-order valence-corrected chi connectivity index (χ3v) is 3.51. The van der Waals surface area contributed by atoms with Gasteiger partial charge < -0.3 is 20.1 Å². The van der Waals surface area contributed by atoms with Crippen LogP contribution in [0.15, 0.2) is 18.2 Å². The minimum Gasteiger partial charge on any atom is -0.508 e. The monoisotopic (exact) mass is 300 g/mol. The van der Waals surface area contributed by atoms with Gasteiger partial charge in [0.2, 0.25) is 0 Å². The van der Waals surface area contributed by atoms with Gasteiger partial charge in [0.05, 0.1) is 18.8 Å². The van der Waals surface area contributed by atoms with E-state index in [0.29, 0.717) is 0 Å². The molecule has 1 aromatic rings. The first-order valence-electron chi connectivity index (χ1n) is 5.77. The highest BCUT2D eigenvalue weighted by molar-refractivity contribution is 8.13. The number of thioether (sulfide) groups is 1. The maximum atomic E-state index is 11.3. The number of rotatable bonds is 5. The van der Waals surface area contributed by atoms with E-state index >= 15 is 0 Å². The number of hydrogen-bond acceptors (Lipinski definition) is 7. The molecule has 0 saturated carbocycles. The Balaban J connectivity index is 2.85. The highest BCUT2D eigenvalue weighted by atomic mass is 32.2. The van der Waals surface area contributed by atoms with Gasteiger partial charge in [-0.2, -0.15) is 0 Å². The lowest BCUT2D eigenvalue weighted by Gasteiger charge is -2.18. The van der Waals surface area contributed by atoms with E-state index in [1.54, 1.807) is 0 Å². The SMILES string of the molecule is COC(=O)c1ccc(C(O)C(O)CSC(C)=O)c(O)c1. The molecule has 20 heavy (non-hydrogen) atoms. The summed E-state index contributed by atoms with van der Waals surface area (Å²) in [5.41, 5.74) is 0.211. The summed E-state index contributed by atoms with van der Waals surface area (Å²) >= 11 is 0.875. The molecule has 2 atom stereocenters. The summed E-state index contributed by atoms with van der Waals surface area (Å²) in [6.07, 6.45) is -2.56. The Morgan fingerprint density at radius 2 is 2.00 bits per heavy atom. The molecule has 0 radical (unpaired) electrons. The fourth-order valence-corrected chi connectivity index (χ4v) is 2.13. The number of hydrogen-bond donors (Lipinski definition) is 3. The van der Waals surface area contributed by atoms with Crippen LogP contribution in [-0.4, -0.2) is 45.4 Å². The number of phenolic OH excluding ortho intramolecular Hbond substituents is 1. The van der Waals surface area contributed by atoms with Crippen molar-refractivity contribution in [2.75, 3.05) is 12.9 Å². The summed E-state index contributed by atoms with van der Waals surface area (Å²) < 4.78 is 4.50. The summed E-state index contributed by atoms with van der Waals surface area (Å²) in [5.74, 6) is -0.935. The minimum absolute atomic E-state index is 0.00862. The van der Waals surface area contributed by atoms with Crippen LogP contribution in [0.25, 0.3) is 0 Å². The van der Waals surface area contributed by atoms with Gasteiger partial charge in [0.15, 0.2) is 5.12 Å². The third kappa shape index (κ3) is 4.22. The van der Waals surface area contributed by atoms with Gasteiger partial charge in [-0.25, -0.2) is 4.79 Å². The van der Waals surface area contributed by atoms with E-state index < -0.39 is 18.2 Å². The third-order valence-electron chi connectivity index (χ3n) is 2.59. The van der Waals surface area contributed by atoms with E-state index in [0.717, 1.165) is 17.8 Å². The van der Waals surface area contributed by atoms with Gasteiger partial charge in [0.1, 0.15) is 11.9 Å². The van der Waals surface area contributed by atoms with Gasteiger partial charge in [-0.05, 0) is 12.1 Å². The number of ether oxygens (including phenoxy) is 1. The van der Waals surface area contributed by atoms with Gasteiger partial charge in [-0.15, -0.1) is 0 Å². The second-order valence-electron chi connectivity index (χ2n) is 4.08. The second kappa shape index (κ2) is 7.28. The number of methoxy groups -OCH3 is 1. The predicted molar refractivity (Wildman–Crippen MR) is 73.6 cm³/mol. The topological polar surface area (TPSA) is 104 Å². The maximum Gasteiger partial charge on any atom is 0.337 e. The molecular formula is C13H16O6S. The Morgan fingerprint density at radius 1 is 1.35 bits per heavy atom. The van der Waals surface area contributed by atoms with Gasteiger partial charge in [-0.3, -0.25) is 4.79 Å². The van der Waals surface area contributed by atoms with Crippen LogP contribution < -0.4 is 0 Å². The molecule has 0 aromatic heterocycles. The fraction of sp³-hybridized carbons (Fsp3) is 0.385. The average molecular weight is 300 g/mol. The van der Waals surface area contributed by atoms with Crippen molar-refractivity contribution in [2.24, 2.45) is 0 Å². The molecular weight excluding hydrogens is 284 g/mol. The predicted octanol–water partition coefficient (Wildman–Crippen LogP) is 0.853. The largest absolute Gasteiger partial charge is 0.508 e. The van der Waals surface area contributed by atoms with Gasteiger partial charge >= 0.3 is 5.97 Å². The molecule has 0 aliphatic carbocycles. The quantitative estimate of drug-likeness (QED) is 0.692. The normalized spacial score (nSPS) is 13.6. The Labute approximate surface area is 120 Å². The number of aromatic hydroxyl groups is 1. The van der Waals surface area contributed by atoms with Crippen molar-refractivity contribution >= 4 is 22.8 Å². The highest BCUT2D eigenvalue weighted by Gasteiger charge is 2.22. The molecule has 1 aromatic carbocycles. The molecule has 0 aliphatic heterocycles. The molecule has 0 bridgehead atoms. The van der Waals surface area contributed by atoms with Crippen LogP contribution in [-0.2, 0) is 9.53 Å². The van der Waals surface area contributed by atoms with E-state index in [1.165, 1.54) is 26.2 Å². The van der Waals surface area contributed by atoms with Crippen molar-refractivity contribution in [3.63, 3.8) is 0 Å². The molecule has 0 fully saturated rings. The molecule has 2 unspecified atom stereocenters. The molecule has 1 rings (SSSR count). The molecule has 0 saturated heterocycles. The molecule has 6 nitrogen and oxygen atoms in total. The summed E-state index contributed by atoms with van der Waals surface area (Å²) in [6.45, 7) is 1.35. The van der Waals surface area contributed by atoms with Gasteiger partial charge in [-0.1, -0.05) is 17.8 Å². The van der Waals surface area contributed by atoms with Crippen molar-refractivity contribution in [1.29, 1.82) is 0 Å². The van der Waals surface area contributed by atoms with Crippen molar-refractivity contribution in [3.05, 3.63) is 29.3 Å². The Hall–Kier alpha value is -1.57. The molecule has 110 valence electrons. The zero-order valence-electron chi connectivity index (χ0n) is 11.1. The van der Waals surface area contributed by atoms with Crippen LogP contribution in [0, 0.1) is 0 Å².